The van der Waals surface area contributed by atoms with Gasteiger partial charge in [0.05, 0.1) is 6.10 Å². The van der Waals surface area contributed by atoms with Gasteiger partial charge < -0.3 is 14.7 Å². The molecule has 0 heterocycles. The van der Waals surface area contributed by atoms with Gasteiger partial charge in [-0.25, -0.2) is 0 Å². The van der Waals surface area contributed by atoms with Gasteiger partial charge in [0.1, 0.15) is 0 Å². The maximum atomic E-state index is 9.19. The normalized spacial score (nSPS) is 16.2. The Morgan fingerprint density at radius 3 is 2.46 bits per heavy atom. The summed E-state index contributed by atoms with van der Waals surface area (Å²) in [7, 11) is 3.81. The molecule has 0 rings (SSSR count). The zero-order chi connectivity index (χ0) is 10.3. The zero-order valence-corrected chi connectivity index (χ0v) is 9.29. The molecule has 0 aliphatic heterocycles. The van der Waals surface area contributed by atoms with Crippen LogP contribution in [0.15, 0.2) is 0 Å². The third-order valence-corrected chi connectivity index (χ3v) is 2.29. The minimum absolute atomic E-state index is 0.208. The summed E-state index contributed by atoms with van der Waals surface area (Å²) in [6.45, 7) is 5.81. The molecule has 0 aromatic rings. The molecule has 0 aliphatic carbocycles. The third-order valence-electron chi connectivity index (χ3n) is 2.29. The molecular weight excluding hydrogens is 166 g/mol. The van der Waals surface area contributed by atoms with Crippen molar-refractivity contribution in [3.05, 3.63) is 0 Å². The SMILES string of the molecule is COCCCN(C)C(C)CC(C)O. The smallest absolute Gasteiger partial charge is 0.0526 e. The number of methoxy groups -OCH3 is 1. The van der Waals surface area contributed by atoms with E-state index in [2.05, 4.69) is 18.9 Å². The van der Waals surface area contributed by atoms with E-state index in [1.807, 2.05) is 6.92 Å². The van der Waals surface area contributed by atoms with Crippen molar-refractivity contribution in [2.24, 2.45) is 0 Å². The van der Waals surface area contributed by atoms with Crippen molar-refractivity contribution >= 4 is 0 Å². The van der Waals surface area contributed by atoms with Crippen molar-refractivity contribution in [1.29, 1.82) is 0 Å². The van der Waals surface area contributed by atoms with Gasteiger partial charge in [-0.1, -0.05) is 0 Å². The molecule has 0 saturated heterocycles. The van der Waals surface area contributed by atoms with E-state index >= 15 is 0 Å². The molecule has 3 heteroatoms. The van der Waals surface area contributed by atoms with Crippen molar-refractivity contribution in [1.82, 2.24) is 4.90 Å². The fourth-order valence-corrected chi connectivity index (χ4v) is 1.35. The summed E-state index contributed by atoms with van der Waals surface area (Å²) < 4.78 is 4.98. The van der Waals surface area contributed by atoms with Crippen molar-refractivity contribution in [3.8, 4) is 0 Å². The highest BCUT2D eigenvalue weighted by molar-refractivity contribution is 4.65. The second kappa shape index (κ2) is 7.30. The number of aliphatic hydroxyl groups excluding tert-OH is 1. The Morgan fingerprint density at radius 2 is 2.00 bits per heavy atom. The van der Waals surface area contributed by atoms with Crippen LogP contribution < -0.4 is 0 Å². The van der Waals surface area contributed by atoms with Crippen LogP contribution in [0.25, 0.3) is 0 Å². The molecule has 2 atom stereocenters. The number of aliphatic hydroxyl groups is 1. The largest absolute Gasteiger partial charge is 0.393 e. The van der Waals surface area contributed by atoms with E-state index in [0.29, 0.717) is 6.04 Å². The van der Waals surface area contributed by atoms with Crippen molar-refractivity contribution < 1.29 is 9.84 Å². The first-order valence-electron chi connectivity index (χ1n) is 4.95. The highest BCUT2D eigenvalue weighted by Gasteiger charge is 2.10. The molecule has 0 spiro atoms. The number of rotatable bonds is 7. The van der Waals surface area contributed by atoms with Crippen LogP contribution in [0, 0.1) is 0 Å². The van der Waals surface area contributed by atoms with Gasteiger partial charge in [0, 0.05) is 26.3 Å². The van der Waals surface area contributed by atoms with Gasteiger partial charge in [-0.3, -0.25) is 0 Å². The fourth-order valence-electron chi connectivity index (χ4n) is 1.35. The van der Waals surface area contributed by atoms with E-state index in [0.717, 1.165) is 26.0 Å². The first-order chi connectivity index (χ1) is 6.07. The van der Waals surface area contributed by atoms with Crippen molar-refractivity contribution in [2.45, 2.75) is 38.8 Å². The molecule has 2 unspecified atom stereocenters. The molecule has 0 amide bonds. The molecule has 0 fully saturated rings. The summed E-state index contributed by atoms with van der Waals surface area (Å²) in [4.78, 5) is 2.26. The van der Waals surface area contributed by atoms with Crippen LogP contribution in [-0.2, 0) is 4.74 Å². The topological polar surface area (TPSA) is 32.7 Å². The highest BCUT2D eigenvalue weighted by atomic mass is 16.5. The molecule has 80 valence electrons. The summed E-state index contributed by atoms with van der Waals surface area (Å²) in [6, 6.07) is 0.442. The summed E-state index contributed by atoms with van der Waals surface area (Å²) in [5.74, 6) is 0. The average molecular weight is 189 g/mol. The van der Waals surface area contributed by atoms with Gasteiger partial charge in [0.15, 0.2) is 0 Å². The van der Waals surface area contributed by atoms with Gasteiger partial charge in [0.2, 0.25) is 0 Å². The number of ether oxygens (including phenoxy) is 1. The molecule has 0 saturated carbocycles. The van der Waals surface area contributed by atoms with Crippen LogP contribution in [0.5, 0.6) is 0 Å². The van der Waals surface area contributed by atoms with Gasteiger partial charge in [-0.15, -0.1) is 0 Å². The van der Waals surface area contributed by atoms with Gasteiger partial charge in [-0.05, 0) is 33.7 Å². The lowest BCUT2D eigenvalue weighted by molar-refractivity contribution is 0.123. The van der Waals surface area contributed by atoms with Gasteiger partial charge in [-0.2, -0.15) is 0 Å². The fraction of sp³-hybridized carbons (Fsp3) is 1.00. The van der Waals surface area contributed by atoms with Crippen molar-refractivity contribution in [3.63, 3.8) is 0 Å². The predicted octanol–water partition coefficient (Wildman–Crippen LogP) is 1.11. The quantitative estimate of drug-likeness (QED) is 0.609. The minimum Gasteiger partial charge on any atom is -0.393 e. The number of hydrogen-bond acceptors (Lipinski definition) is 3. The first-order valence-corrected chi connectivity index (χ1v) is 4.95. The average Bonchev–Trinajstić information content (AvgIpc) is 2.03. The Morgan fingerprint density at radius 1 is 1.38 bits per heavy atom. The maximum Gasteiger partial charge on any atom is 0.0526 e. The molecular formula is C10H23NO2. The van der Waals surface area contributed by atoms with E-state index in [1.165, 1.54) is 0 Å². The summed E-state index contributed by atoms with van der Waals surface area (Å²) in [5, 5.41) is 9.19. The molecule has 0 bridgehead atoms. The van der Waals surface area contributed by atoms with Crippen LogP contribution >= 0.6 is 0 Å². The number of nitrogens with zero attached hydrogens (tertiary/aromatic N) is 1. The second-order valence-corrected chi connectivity index (χ2v) is 3.76. The molecule has 3 nitrogen and oxygen atoms in total. The van der Waals surface area contributed by atoms with E-state index in [1.54, 1.807) is 7.11 Å². The monoisotopic (exact) mass is 189 g/mol. The standard InChI is InChI=1S/C10H23NO2/c1-9(8-10(2)12)11(3)6-5-7-13-4/h9-10,12H,5-8H2,1-4H3. The van der Waals surface area contributed by atoms with Crippen LogP contribution in [0.1, 0.15) is 26.7 Å². The molecule has 0 aromatic heterocycles. The number of hydrogen-bond donors (Lipinski definition) is 1. The Bertz CT molecular complexity index is 117. The van der Waals surface area contributed by atoms with E-state index in [9.17, 15) is 5.11 Å². The first kappa shape index (κ1) is 12.9. The van der Waals surface area contributed by atoms with E-state index in [4.69, 9.17) is 4.74 Å². The lowest BCUT2D eigenvalue weighted by atomic mass is 10.1. The van der Waals surface area contributed by atoms with Crippen LogP contribution in [0.3, 0.4) is 0 Å². The third kappa shape index (κ3) is 6.99. The van der Waals surface area contributed by atoms with E-state index < -0.39 is 0 Å². The van der Waals surface area contributed by atoms with Crippen LogP contribution in [0.2, 0.25) is 0 Å². The van der Waals surface area contributed by atoms with E-state index in [-0.39, 0.29) is 6.10 Å². The van der Waals surface area contributed by atoms with Gasteiger partial charge in [0.25, 0.3) is 0 Å². The molecule has 13 heavy (non-hydrogen) atoms. The Labute approximate surface area is 81.7 Å². The molecule has 0 aromatic carbocycles. The maximum absolute atomic E-state index is 9.19. The summed E-state index contributed by atoms with van der Waals surface area (Å²) >= 11 is 0. The minimum atomic E-state index is -0.208. The van der Waals surface area contributed by atoms with Crippen LogP contribution in [0.4, 0.5) is 0 Å². The van der Waals surface area contributed by atoms with Gasteiger partial charge >= 0.3 is 0 Å². The zero-order valence-electron chi connectivity index (χ0n) is 9.29. The Kier molecular flexibility index (Phi) is 7.23. The lowest BCUT2D eigenvalue weighted by Gasteiger charge is -2.25. The molecule has 0 aliphatic rings. The lowest BCUT2D eigenvalue weighted by Crippen LogP contribution is -2.32. The Balaban J connectivity index is 3.50. The Hall–Kier alpha value is -0.120. The van der Waals surface area contributed by atoms with Crippen LogP contribution in [-0.4, -0.2) is 49.5 Å². The second-order valence-electron chi connectivity index (χ2n) is 3.76. The predicted molar refractivity (Wildman–Crippen MR) is 54.9 cm³/mol. The highest BCUT2D eigenvalue weighted by Crippen LogP contribution is 2.04. The molecule has 0 radical (unpaired) electrons. The summed E-state index contributed by atoms with van der Waals surface area (Å²) in [6.07, 6.45) is 1.68. The molecule has 1 N–H and O–H groups in total. The summed E-state index contributed by atoms with van der Waals surface area (Å²) in [5.41, 5.74) is 0. The van der Waals surface area contributed by atoms with Crippen molar-refractivity contribution in [2.75, 3.05) is 27.3 Å².